The van der Waals surface area contributed by atoms with Crippen molar-refractivity contribution in [2.75, 3.05) is 13.2 Å². The van der Waals surface area contributed by atoms with Gasteiger partial charge in [-0.05, 0) is 110 Å². The Balaban J connectivity index is 0.963. The zero-order valence-electron chi connectivity index (χ0n) is 28.9. The van der Waals surface area contributed by atoms with E-state index in [0.29, 0.717) is 35.2 Å². The first kappa shape index (κ1) is 35.7. The third kappa shape index (κ3) is 6.56. The monoisotopic (exact) mass is 674 g/mol. The van der Waals surface area contributed by atoms with Crippen molar-refractivity contribution in [3.05, 3.63) is 34.9 Å². The molecule has 2 amide bonds. The predicted molar refractivity (Wildman–Crippen MR) is 176 cm³/mol. The van der Waals surface area contributed by atoms with Crippen LogP contribution < -0.4 is 10.6 Å². The molecule has 5 N–H and O–H groups in total. The lowest BCUT2D eigenvalue weighted by atomic mass is 9.44. The van der Waals surface area contributed by atoms with E-state index in [-0.39, 0.29) is 30.1 Å². The molecule has 0 spiro atoms. The Morgan fingerprint density at radius 1 is 0.917 bits per heavy atom. The van der Waals surface area contributed by atoms with Crippen LogP contribution in [0, 0.1) is 58.0 Å². The number of aliphatic hydroxyl groups is 3. The summed E-state index contributed by atoms with van der Waals surface area (Å²) in [5.41, 5.74) is 0.644. The summed E-state index contributed by atoms with van der Waals surface area (Å²) in [6, 6.07) is 1.77. The van der Waals surface area contributed by atoms with Gasteiger partial charge in [0.05, 0.1) is 13.2 Å². The fraction of sp³-hybridized carbons (Fsp3) is 0.789. The van der Waals surface area contributed by atoms with Crippen LogP contribution >= 0.6 is 0 Å². The second-order valence-electron chi connectivity index (χ2n) is 16.4. The van der Waals surface area contributed by atoms with Crippen LogP contribution in [-0.2, 0) is 20.9 Å². The minimum absolute atomic E-state index is 0.0454. The van der Waals surface area contributed by atoms with Crippen LogP contribution in [0.2, 0.25) is 0 Å². The van der Waals surface area contributed by atoms with E-state index in [4.69, 9.17) is 4.74 Å². The number of aliphatic hydroxyl groups excluding tert-OH is 3. The number of hydrogen-bond donors (Lipinski definition) is 5. The van der Waals surface area contributed by atoms with E-state index in [0.717, 1.165) is 36.2 Å². The van der Waals surface area contributed by atoms with E-state index in [2.05, 4.69) is 31.4 Å². The summed E-state index contributed by atoms with van der Waals surface area (Å²) < 4.78 is 34.5. The average molecular weight is 675 g/mol. The van der Waals surface area contributed by atoms with Crippen LogP contribution in [0.3, 0.4) is 0 Å². The number of nitrogens with one attached hydrogen (secondary N) is 2. The van der Waals surface area contributed by atoms with Gasteiger partial charge in [-0.25, -0.2) is 8.78 Å². The SMILES string of the molecule is C[C@H](CCC(=O)NCC(=O)NCc1cc([C@@H]2O[C@H](CO)[C@H](O)C2O)c(F)cc1F)C1CC[C@@H]2C3CC[C@H]4CCCC[C@@]4(C)[C@@H]3CC[C@@]12C. The number of carbonyl (C=O) groups is 2. The number of rotatable bonds is 10. The van der Waals surface area contributed by atoms with Crippen molar-refractivity contribution in [2.24, 2.45) is 46.3 Å². The van der Waals surface area contributed by atoms with Gasteiger partial charge in [0.15, 0.2) is 0 Å². The van der Waals surface area contributed by atoms with Crippen molar-refractivity contribution in [3.8, 4) is 0 Å². The third-order valence-corrected chi connectivity index (χ3v) is 14.1. The van der Waals surface area contributed by atoms with E-state index in [1.807, 2.05) is 0 Å². The normalized spacial score (nSPS) is 39.6. The Labute approximate surface area is 283 Å². The molecular formula is C38H56F2N2O6. The van der Waals surface area contributed by atoms with Crippen LogP contribution in [0.25, 0.3) is 0 Å². The third-order valence-electron chi connectivity index (χ3n) is 14.1. The van der Waals surface area contributed by atoms with Gasteiger partial charge in [-0.3, -0.25) is 9.59 Å². The largest absolute Gasteiger partial charge is 0.394 e. The molecule has 1 aromatic carbocycles. The van der Waals surface area contributed by atoms with Crippen LogP contribution in [0.1, 0.15) is 115 Å². The Morgan fingerprint density at radius 2 is 1.69 bits per heavy atom. The first-order chi connectivity index (χ1) is 22.9. The van der Waals surface area contributed by atoms with Gasteiger partial charge in [0.2, 0.25) is 11.8 Å². The highest BCUT2D eigenvalue weighted by Gasteiger charge is 2.60. The summed E-state index contributed by atoms with van der Waals surface area (Å²) in [4.78, 5) is 25.3. The summed E-state index contributed by atoms with van der Waals surface area (Å²) in [5, 5.41) is 34.9. The molecule has 12 atom stereocenters. The molecule has 48 heavy (non-hydrogen) atoms. The molecule has 1 saturated heterocycles. The molecule has 1 aliphatic heterocycles. The molecule has 6 rings (SSSR count). The first-order valence-electron chi connectivity index (χ1n) is 18.5. The number of amides is 2. The molecule has 1 aromatic rings. The Hall–Kier alpha value is -2.14. The number of fused-ring (bicyclic) bond motifs is 5. The zero-order valence-corrected chi connectivity index (χ0v) is 28.9. The van der Waals surface area contributed by atoms with E-state index in [1.165, 1.54) is 64.2 Å². The van der Waals surface area contributed by atoms with E-state index < -0.39 is 48.6 Å². The molecule has 268 valence electrons. The molecule has 10 heteroatoms. The van der Waals surface area contributed by atoms with Gasteiger partial charge in [-0.1, -0.05) is 33.6 Å². The molecule has 0 radical (unpaired) electrons. The lowest BCUT2D eigenvalue weighted by Crippen LogP contribution is -2.53. The lowest BCUT2D eigenvalue weighted by Gasteiger charge is -2.61. The highest BCUT2D eigenvalue weighted by molar-refractivity contribution is 5.84. The topological polar surface area (TPSA) is 128 Å². The van der Waals surface area contributed by atoms with Crippen LogP contribution in [0.4, 0.5) is 8.78 Å². The molecule has 1 heterocycles. The molecule has 5 fully saturated rings. The maximum atomic E-state index is 14.6. The van der Waals surface area contributed by atoms with E-state index >= 15 is 0 Å². The zero-order chi connectivity index (χ0) is 34.4. The molecule has 4 saturated carbocycles. The standard InChI is InChI=1S/C38H56F2N2O6/c1-21(26-10-11-27-24-9-8-23-6-4-5-14-37(23,2)28(24)13-15-38(26,27)3)7-12-32(44)42-19-33(45)41-18-22-16-25(30(40)17-29(22)39)36-35(47)34(46)31(20-43)48-36/h16-17,21,23-24,26-28,31,34-36,43,46-47H,4-15,18-20H2,1-3H3,(H,41,45)(H,42,44)/t21-,23-,24?,26?,27-,28-,31-,34+,35?,36+,37-,38+/m1/s1. The maximum Gasteiger partial charge on any atom is 0.239 e. The second-order valence-corrected chi connectivity index (χ2v) is 16.4. The summed E-state index contributed by atoms with van der Waals surface area (Å²) in [7, 11) is 0. The van der Waals surface area contributed by atoms with Crippen molar-refractivity contribution >= 4 is 11.8 Å². The Bertz CT molecular complexity index is 1350. The minimum atomic E-state index is -1.51. The molecular weight excluding hydrogens is 618 g/mol. The van der Waals surface area contributed by atoms with Gasteiger partial charge in [0.25, 0.3) is 0 Å². The highest BCUT2D eigenvalue weighted by Crippen LogP contribution is 2.68. The van der Waals surface area contributed by atoms with Crippen LogP contribution in [0.15, 0.2) is 12.1 Å². The average Bonchev–Trinajstić information content (AvgIpc) is 3.57. The maximum absolute atomic E-state index is 14.6. The molecule has 0 aromatic heterocycles. The first-order valence-corrected chi connectivity index (χ1v) is 18.5. The minimum Gasteiger partial charge on any atom is -0.394 e. The Morgan fingerprint density at radius 3 is 2.44 bits per heavy atom. The fourth-order valence-corrected chi connectivity index (χ4v) is 11.5. The molecule has 3 unspecified atom stereocenters. The number of halogens is 2. The lowest BCUT2D eigenvalue weighted by molar-refractivity contribution is -0.126. The van der Waals surface area contributed by atoms with Crippen LogP contribution in [-0.4, -0.2) is 58.6 Å². The van der Waals surface area contributed by atoms with E-state index in [9.17, 15) is 33.7 Å². The van der Waals surface area contributed by atoms with Gasteiger partial charge in [-0.15, -0.1) is 0 Å². The van der Waals surface area contributed by atoms with Gasteiger partial charge < -0.3 is 30.7 Å². The number of hydrogen-bond acceptors (Lipinski definition) is 6. The molecule has 0 bridgehead atoms. The molecule has 4 aliphatic carbocycles. The smallest absolute Gasteiger partial charge is 0.239 e. The highest BCUT2D eigenvalue weighted by atomic mass is 19.1. The summed E-state index contributed by atoms with van der Waals surface area (Å²) >= 11 is 0. The summed E-state index contributed by atoms with van der Waals surface area (Å²) in [6.45, 7) is 6.36. The van der Waals surface area contributed by atoms with Crippen molar-refractivity contribution in [1.82, 2.24) is 10.6 Å². The van der Waals surface area contributed by atoms with Crippen molar-refractivity contribution < 1.29 is 38.4 Å². The van der Waals surface area contributed by atoms with Crippen molar-refractivity contribution in [1.29, 1.82) is 0 Å². The number of ether oxygens (including phenoxy) is 1. The number of benzene rings is 1. The fourth-order valence-electron chi connectivity index (χ4n) is 11.5. The van der Waals surface area contributed by atoms with Crippen molar-refractivity contribution in [2.45, 2.75) is 129 Å². The van der Waals surface area contributed by atoms with Gasteiger partial charge in [0, 0.05) is 30.2 Å². The predicted octanol–water partition coefficient (Wildman–Crippen LogP) is 5.32. The van der Waals surface area contributed by atoms with Gasteiger partial charge >= 0.3 is 0 Å². The quantitative estimate of drug-likeness (QED) is 0.229. The Kier molecular flexibility index (Phi) is 10.6. The molecule has 5 aliphatic rings. The van der Waals surface area contributed by atoms with Crippen molar-refractivity contribution in [3.63, 3.8) is 0 Å². The van der Waals surface area contributed by atoms with E-state index in [1.54, 1.807) is 0 Å². The van der Waals surface area contributed by atoms with Crippen LogP contribution in [0.5, 0.6) is 0 Å². The second kappa shape index (κ2) is 14.2. The van der Waals surface area contributed by atoms with Gasteiger partial charge in [0.1, 0.15) is 36.1 Å². The summed E-state index contributed by atoms with van der Waals surface area (Å²) in [6.07, 6.45) is 9.46. The molecule has 8 nitrogen and oxygen atoms in total. The van der Waals surface area contributed by atoms with Gasteiger partial charge in [-0.2, -0.15) is 0 Å². The summed E-state index contributed by atoms with van der Waals surface area (Å²) in [5.74, 6) is 1.91. The number of carbonyl (C=O) groups excluding carboxylic acids is 2.